The van der Waals surface area contributed by atoms with E-state index in [4.69, 9.17) is 0 Å². The summed E-state index contributed by atoms with van der Waals surface area (Å²) < 4.78 is -0.454. The van der Waals surface area contributed by atoms with Crippen molar-refractivity contribution >= 4 is 48.2 Å². The number of thiol groups is 1. The number of hydrogen-bond acceptors (Lipinski definition) is 5. The number of carbonyl (C=O) groups excluding carboxylic acids is 1. The highest BCUT2D eigenvalue weighted by Crippen LogP contribution is 2.37. The van der Waals surface area contributed by atoms with Crippen LogP contribution in [0, 0.1) is 5.92 Å². The van der Waals surface area contributed by atoms with Crippen LogP contribution in [0.3, 0.4) is 0 Å². The van der Waals surface area contributed by atoms with Crippen LogP contribution in [0.1, 0.15) is 25.8 Å². The second-order valence-electron chi connectivity index (χ2n) is 6.62. The molecule has 1 N–H and O–H groups in total. The van der Waals surface area contributed by atoms with Crippen LogP contribution in [0.15, 0.2) is 29.2 Å². The largest absolute Gasteiger partial charge is 0.521 e. The normalized spacial score (nSPS) is 27.2. The van der Waals surface area contributed by atoms with Gasteiger partial charge in [0.05, 0.1) is 11.2 Å². The van der Waals surface area contributed by atoms with Crippen LogP contribution in [0.4, 0.5) is 4.79 Å². The minimum Gasteiger partial charge on any atom is -0.435 e. The topological polar surface area (TPSA) is 54.4 Å². The smallest absolute Gasteiger partial charge is 0.435 e. The molecule has 1 heterocycles. The van der Waals surface area contributed by atoms with Gasteiger partial charge < -0.3 is 5.11 Å². The molecule has 0 aliphatic carbocycles. The van der Waals surface area contributed by atoms with Crippen molar-refractivity contribution in [2.45, 2.75) is 42.2 Å². The third kappa shape index (κ3) is 4.38. The van der Waals surface area contributed by atoms with Gasteiger partial charge in [0.2, 0.25) is 0 Å². The van der Waals surface area contributed by atoms with Gasteiger partial charge in [-0.15, -0.1) is 23.5 Å². The Balaban J connectivity index is 2.07. The summed E-state index contributed by atoms with van der Waals surface area (Å²) in [5.74, 6) is 0.632. The Morgan fingerprint density at radius 2 is 2.00 bits per heavy atom. The van der Waals surface area contributed by atoms with Crippen LogP contribution < -0.4 is 0 Å². The van der Waals surface area contributed by atoms with Gasteiger partial charge >= 0.3 is 12.0 Å². The molecule has 4 nitrogen and oxygen atoms in total. The minimum atomic E-state index is -1.03. The number of rotatable bonds is 6. The molecule has 1 fully saturated rings. The van der Waals surface area contributed by atoms with Gasteiger partial charge in [-0.2, -0.15) is 21.9 Å². The standard InChI is InChI=1S/C18H25NO3S3/c1-12(10-23)17(20)19(18(21)22)9-16(8-13(19)2)25-11-14-4-6-15(24-3)7-5-14/h4-7,12-13,16H,8-11H2,1-3H3,(H-,21,22,23)/p+1/t12-,13?,16+,19?/m1/s1. The summed E-state index contributed by atoms with van der Waals surface area (Å²) in [4.78, 5) is 26.0. The van der Waals surface area contributed by atoms with E-state index in [1.165, 1.54) is 10.5 Å². The number of thioether (sulfide) groups is 2. The highest BCUT2D eigenvalue weighted by Gasteiger charge is 2.57. The van der Waals surface area contributed by atoms with Crippen molar-refractivity contribution in [3.63, 3.8) is 0 Å². The molecule has 1 aliphatic heterocycles. The van der Waals surface area contributed by atoms with Crippen molar-refractivity contribution in [1.29, 1.82) is 0 Å². The molecule has 2 rings (SSSR count). The Morgan fingerprint density at radius 3 is 2.52 bits per heavy atom. The number of carboxylic acid groups (broad SMARTS) is 1. The second kappa shape index (κ2) is 8.84. The molecule has 138 valence electrons. The van der Waals surface area contributed by atoms with Crippen molar-refractivity contribution < 1.29 is 19.2 Å². The fraction of sp³-hybridized carbons (Fsp3) is 0.556. The lowest BCUT2D eigenvalue weighted by atomic mass is 10.1. The van der Waals surface area contributed by atoms with E-state index in [0.29, 0.717) is 12.3 Å². The molecule has 1 aliphatic rings. The lowest BCUT2D eigenvalue weighted by Gasteiger charge is -2.31. The predicted octanol–water partition coefficient (Wildman–Crippen LogP) is 4.39. The van der Waals surface area contributed by atoms with E-state index in [9.17, 15) is 14.7 Å². The summed E-state index contributed by atoms with van der Waals surface area (Å²) >= 11 is 7.65. The first-order chi connectivity index (χ1) is 11.8. The van der Waals surface area contributed by atoms with Crippen molar-refractivity contribution in [2.24, 2.45) is 5.92 Å². The third-order valence-corrected chi connectivity index (χ3v) is 7.53. The number of carbonyl (C=O) groups is 2. The number of benzene rings is 1. The molecule has 0 spiro atoms. The van der Waals surface area contributed by atoms with Crippen LogP contribution in [0.25, 0.3) is 0 Å². The van der Waals surface area contributed by atoms with Crippen molar-refractivity contribution in [2.75, 3.05) is 18.6 Å². The van der Waals surface area contributed by atoms with Crippen LogP contribution >= 0.6 is 36.2 Å². The summed E-state index contributed by atoms with van der Waals surface area (Å²) in [7, 11) is 0. The molecule has 0 aromatic heterocycles. The summed E-state index contributed by atoms with van der Waals surface area (Å²) in [6, 6.07) is 8.24. The van der Waals surface area contributed by atoms with Gasteiger partial charge in [-0.1, -0.05) is 12.1 Å². The SMILES string of the molecule is CSc1ccc(CS[C@H]2CC(C)[N+](C(=O)O)(C(=O)[C@H](C)CS)C2)cc1. The number of nitrogens with zero attached hydrogens (tertiary/aromatic N) is 1. The van der Waals surface area contributed by atoms with Crippen LogP contribution in [0.5, 0.6) is 0 Å². The Kier molecular flexibility index (Phi) is 7.31. The van der Waals surface area contributed by atoms with E-state index in [-0.39, 0.29) is 23.1 Å². The summed E-state index contributed by atoms with van der Waals surface area (Å²) in [6.07, 6.45) is 1.76. The maximum absolute atomic E-state index is 12.8. The molecule has 0 bridgehead atoms. The second-order valence-corrected chi connectivity index (χ2v) is 9.16. The van der Waals surface area contributed by atoms with Crippen molar-refractivity contribution in [3.8, 4) is 0 Å². The van der Waals surface area contributed by atoms with E-state index in [2.05, 4.69) is 43.2 Å². The minimum absolute atomic E-state index is 0.169. The zero-order chi connectivity index (χ0) is 18.6. The monoisotopic (exact) mass is 400 g/mol. The first-order valence-electron chi connectivity index (χ1n) is 8.36. The van der Waals surface area contributed by atoms with Gasteiger partial charge in [0.1, 0.15) is 12.6 Å². The molecule has 7 heteroatoms. The van der Waals surface area contributed by atoms with Gasteiger partial charge in [-0.05, 0) is 37.8 Å². The van der Waals surface area contributed by atoms with Gasteiger partial charge in [-0.25, -0.2) is 4.79 Å². The molecule has 1 aromatic rings. The Bertz CT molecular complexity index is 622. The van der Waals surface area contributed by atoms with Crippen LogP contribution in [0.2, 0.25) is 0 Å². The molecular weight excluding hydrogens is 374 g/mol. The summed E-state index contributed by atoms with van der Waals surface area (Å²) in [6.45, 7) is 4.00. The number of quaternary nitrogens is 1. The molecular formula is C18H26NO3S3+. The molecule has 0 radical (unpaired) electrons. The molecule has 0 saturated carbocycles. The average molecular weight is 401 g/mol. The lowest BCUT2D eigenvalue weighted by molar-refractivity contribution is -0.793. The Labute approximate surface area is 163 Å². The molecule has 4 atom stereocenters. The number of amides is 2. The van der Waals surface area contributed by atoms with E-state index < -0.39 is 10.6 Å². The van der Waals surface area contributed by atoms with E-state index in [0.717, 1.165) is 12.2 Å². The van der Waals surface area contributed by atoms with Crippen LogP contribution in [-0.4, -0.2) is 51.4 Å². The number of imide groups is 1. The van der Waals surface area contributed by atoms with Gasteiger partial charge in [0.25, 0.3) is 0 Å². The zero-order valence-electron chi connectivity index (χ0n) is 14.8. The molecule has 2 amide bonds. The first-order valence-corrected chi connectivity index (χ1v) is 11.3. The Hall–Kier alpha value is -0.630. The maximum Gasteiger partial charge on any atom is 0.521 e. The number of likely N-dealkylation sites (tertiary alicyclic amines) is 1. The fourth-order valence-electron chi connectivity index (χ4n) is 3.33. The Morgan fingerprint density at radius 1 is 1.36 bits per heavy atom. The highest BCUT2D eigenvalue weighted by atomic mass is 32.2. The molecule has 1 saturated heterocycles. The van der Waals surface area contributed by atoms with Crippen molar-refractivity contribution in [1.82, 2.24) is 0 Å². The fourth-order valence-corrected chi connectivity index (χ4v) is 5.27. The van der Waals surface area contributed by atoms with E-state index >= 15 is 0 Å². The first kappa shape index (κ1) is 20.7. The number of hydrogen-bond donors (Lipinski definition) is 2. The van der Waals surface area contributed by atoms with E-state index in [1.807, 2.05) is 6.92 Å². The summed E-state index contributed by atoms with van der Waals surface area (Å²) in [5.41, 5.74) is 1.23. The van der Waals surface area contributed by atoms with Gasteiger partial charge in [-0.3, -0.25) is 0 Å². The van der Waals surface area contributed by atoms with Crippen molar-refractivity contribution in [3.05, 3.63) is 29.8 Å². The molecule has 25 heavy (non-hydrogen) atoms. The third-order valence-electron chi connectivity index (χ3n) is 4.92. The average Bonchev–Trinajstić information content (AvgIpc) is 2.96. The van der Waals surface area contributed by atoms with Gasteiger partial charge in [0.15, 0.2) is 0 Å². The van der Waals surface area contributed by atoms with Gasteiger partial charge in [0, 0.05) is 22.8 Å². The quantitative estimate of drug-likeness (QED) is 0.421. The maximum atomic E-state index is 12.8. The molecule has 1 aromatic carbocycles. The molecule has 2 unspecified atom stereocenters. The highest BCUT2D eigenvalue weighted by molar-refractivity contribution is 7.99. The zero-order valence-corrected chi connectivity index (χ0v) is 17.4. The predicted molar refractivity (Wildman–Crippen MR) is 109 cm³/mol. The lowest BCUT2D eigenvalue weighted by Crippen LogP contribution is -2.60. The van der Waals surface area contributed by atoms with E-state index in [1.54, 1.807) is 30.4 Å². The summed E-state index contributed by atoms with van der Waals surface area (Å²) in [5, 5.41) is 9.99. The van der Waals surface area contributed by atoms with Crippen LogP contribution in [-0.2, 0) is 10.5 Å².